The lowest BCUT2D eigenvalue weighted by Gasteiger charge is -2.21. The van der Waals surface area contributed by atoms with Gasteiger partial charge in [-0.1, -0.05) is 25.1 Å². The first-order valence-electron chi connectivity index (χ1n) is 5.05. The standard InChI is InChI=1S/C11H12F5N/c1-2-17-9(10(12)13)7-5-3-4-6-8(7)11(14,15)16/h3-6,9-10,17H,2H2,1H3. The van der Waals surface area contributed by atoms with Gasteiger partial charge in [0.1, 0.15) is 0 Å². The molecular weight excluding hydrogens is 241 g/mol. The molecule has 0 aliphatic heterocycles. The minimum absolute atomic E-state index is 0.168. The average Bonchev–Trinajstić information content (AvgIpc) is 2.24. The van der Waals surface area contributed by atoms with Crippen molar-refractivity contribution >= 4 is 0 Å². The Bertz CT molecular complexity index is 361. The second kappa shape index (κ2) is 5.44. The van der Waals surface area contributed by atoms with Gasteiger partial charge in [0, 0.05) is 0 Å². The molecule has 0 aliphatic rings. The van der Waals surface area contributed by atoms with Gasteiger partial charge in [-0.2, -0.15) is 13.2 Å². The summed E-state index contributed by atoms with van der Waals surface area (Å²) in [5.74, 6) is 0. The van der Waals surface area contributed by atoms with Crippen LogP contribution < -0.4 is 5.32 Å². The normalized spacial score (nSPS) is 14.1. The third-order valence-corrected chi connectivity index (χ3v) is 2.28. The van der Waals surface area contributed by atoms with Crippen molar-refractivity contribution in [3.8, 4) is 0 Å². The van der Waals surface area contributed by atoms with Crippen LogP contribution in [0.15, 0.2) is 24.3 Å². The van der Waals surface area contributed by atoms with Crippen molar-refractivity contribution in [3.63, 3.8) is 0 Å². The highest BCUT2D eigenvalue weighted by Crippen LogP contribution is 2.36. The van der Waals surface area contributed by atoms with Gasteiger partial charge >= 0.3 is 6.18 Å². The number of rotatable bonds is 4. The number of benzene rings is 1. The number of nitrogens with one attached hydrogen (secondary N) is 1. The molecule has 0 saturated carbocycles. The summed E-state index contributed by atoms with van der Waals surface area (Å²) in [4.78, 5) is 0. The molecule has 1 aromatic carbocycles. The molecular formula is C11H12F5N. The van der Waals surface area contributed by atoms with Gasteiger partial charge < -0.3 is 5.32 Å². The number of hydrogen-bond acceptors (Lipinski definition) is 1. The Morgan fingerprint density at radius 3 is 2.24 bits per heavy atom. The van der Waals surface area contributed by atoms with E-state index in [4.69, 9.17) is 0 Å². The van der Waals surface area contributed by atoms with E-state index in [1.54, 1.807) is 6.92 Å². The average molecular weight is 253 g/mol. The predicted octanol–water partition coefficient (Wildman–Crippen LogP) is 3.62. The second-order valence-electron chi connectivity index (χ2n) is 3.45. The van der Waals surface area contributed by atoms with E-state index in [9.17, 15) is 22.0 Å². The molecule has 0 radical (unpaired) electrons. The molecule has 17 heavy (non-hydrogen) atoms. The van der Waals surface area contributed by atoms with E-state index in [-0.39, 0.29) is 6.54 Å². The highest BCUT2D eigenvalue weighted by atomic mass is 19.4. The Hall–Kier alpha value is -1.17. The third-order valence-electron chi connectivity index (χ3n) is 2.28. The smallest absolute Gasteiger partial charge is 0.305 e. The fourth-order valence-electron chi connectivity index (χ4n) is 1.58. The molecule has 0 saturated heterocycles. The summed E-state index contributed by atoms with van der Waals surface area (Å²) < 4.78 is 63.3. The van der Waals surface area contributed by atoms with Crippen molar-refractivity contribution in [3.05, 3.63) is 35.4 Å². The molecule has 0 bridgehead atoms. The number of hydrogen-bond donors (Lipinski definition) is 1. The van der Waals surface area contributed by atoms with Crippen LogP contribution in [0, 0.1) is 0 Å². The van der Waals surface area contributed by atoms with Crippen molar-refractivity contribution in [2.24, 2.45) is 0 Å². The Morgan fingerprint density at radius 2 is 1.76 bits per heavy atom. The quantitative estimate of drug-likeness (QED) is 0.808. The molecule has 0 fully saturated rings. The maximum atomic E-state index is 12.7. The highest BCUT2D eigenvalue weighted by Gasteiger charge is 2.36. The lowest BCUT2D eigenvalue weighted by Crippen LogP contribution is -2.29. The van der Waals surface area contributed by atoms with Crippen molar-refractivity contribution < 1.29 is 22.0 Å². The summed E-state index contributed by atoms with van der Waals surface area (Å²) in [5, 5.41) is 2.36. The van der Waals surface area contributed by atoms with Crippen molar-refractivity contribution in [2.75, 3.05) is 6.54 Å². The Labute approximate surface area is 95.6 Å². The summed E-state index contributed by atoms with van der Waals surface area (Å²) in [6, 6.07) is 2.78. The minimum Gasteiger partial charge on any atom is -0.305 e. The SMILES string of the molecule is CCNC(c1ccccc1C(F)(F)F)C(F)F. The monoisotopic (exact) mass is 253 g/mol. The largest absolute Gasteiger partial charge is 0.416 e. The van der Waals surface area contributed by atoms with Crippen LogP contribution in [0.5, 0.6) is 0 Å². The van der Waals surface area contributed by atoms with Gasteiger partial charge in [0.2, 0.25) is 0 Å². The van der Waals surface area contributed by atoms with Gasteiger partial charge in [0.05, 0.1) is 11.6 Å². The maximum absolute atomic E-state index is 12.7. The first kappa shape index (κ1) is 13.9. The Balaban J connectivity index is 3.19. The first-order valence-corrected chi connectivity index (χ1v) is 5.05. The second-order valence-corrected chi connectivity index (χ2v) is 3.45. The molecule has 0 heterocycles. The van der Waals surface area contributed by atoms with Gasteiger partial charge in [-0.05, 0) is 18.2 Å². The molecule has 1 N–H and O–H groups in total. The van der Waals surface area contributed by atoms with Crippen molar-refractivity contribution in [2.45, 2.75) is 25.6 Å². The zero-order chi connectivity index (χ0) is 13.1. The van der Waals surface area contributed by atoms with E-state index < -0.39 is 29.8 Å². The van der Waals surface area contributed by atoms with Gasteiger partial charge in [0.15, 0.2) is 0 Å². The molecule has 1 rings (SSSR count). The van der Waals surface area contributed by atoms with Gasteiger partial charge in [0.25, 0.3) is 6.43 Å². The molecule has 0 aromatic heterocycles. The molecule has 1 atom stereocenters. The number of alkyl halides is 5. The third kappa shape index (κ3) is 3.39. The van der Waals surface area contributed by atoms with E-state index in [2.05, 4.69) is 5.32 Å². The van der Waals surface area contributed by atoms with Crippen LogP contribution in [-0.2, 0) is 6.18 Å². The number of halogens is 5. The molecule has 1 aromatic rings. The van der Waals surface area contributed by atoms with Crippen LogP contribution in [0.3, 0.4) is 0 Å². The van der Waals surface area contributed by atoms with E-state index in [0.29, 0.717) is 0 Å². The lowest BCUT2D eigenvalue weighted by atomic mass is 10.00. The molecule has 0 amide bonds. The topological polar surface area (TPSA) is 12.0 Å². The lowest BCUT2D eigenvalue weighted by molar-refractivity contribution is -0.138. The van der Waals surface area contributed by atoms with Gasteiger partial charge in [-0.3, -0.25) is 0 Å². The Morgan fingerprint density at radius 1 is 1.18 bits per heavy atom. The molecule has 1 nitrogen and oxygen atoms in total. The zero-order valence-corrected chi connectivity index (χ0v) is 9.06. The van der Waals surface area contributed by atoms with Gasteiger partial charge in [-0.25, -0.2) is 8.78 Å². The first-order chi connectivity index (χ1) is 7.88. The zero-order valence-electron chi connectivity index (χ0n) is 9.06. The minimum atomic E-state index is -4.63. The fraction of sp³-hybridized carbons (Fsp3) is 0.455. The molecule has 1 unspecified atom stereocenters. The van der Waals surface area contributed by atoms with Crippen molar-refractivity contribution in [1.82, 2.24) is 5.32 Å². The van der Waals surface area contributed by atoms with E-state index in [1.165, 1.54) is 12.1 Å². The van der Waals surface area contributed by atoms with Crippen LogP contribution in [0.1, 0.15) is 24.1 Å². The molecule has 6 heteroatoms. The summed E-state index contributed by atoms with van der Waals surface area (Å²) in [6.07, 6.45) is -7.52. The van der Waals surface area contributed by atoms with Gasteiger partial charge in [-0.15, -0.1) is 0 Å². The van der Waals surface area contributed by atoms with Crippen LogP contribution in [0.25, 0.3) is 0 Å². The molecule has 96 valence electrons. The van der Waals surface area contributed by atoms with Crippen LogP contribution in [-0.4, -0.2) is 13.0 Å². The summed E-state index contributed by atoms with van der Waals surface area (Å²) >= 11 is 0. The molecule has 0 aliphatic carbocycles. The maximum Gasteiger partial charge on any atom is 0.416 e. The highest BCUT2D eigenvalue weighted by molar-refractivity contribution is 5.32. The summed E-state index contributed by atoms with van der Waals surface area (Å²) in [6.45, 7) is 1.73. The van der Waals surface area contributed by atoms with Crippen LogP contribution in [0.2, 0.25) is 0 Å². The summed E-state index contributed by atoms with van der Waals surface area (Å²) in [7, 11) is 0. The van der Waals surface area contributed by atoms with E-state index >= 15 is 0 Å². The summed E-state index contributed by atoms with van der Waals surface area (Å²) in [5.41, 5.74) is -1.44. The van der Waals surface area contributed by atoms with Crippen molar-refractivity contribution in [1.29, 1.82) is 0 Å². The fourth-order valence-corrected chi connectivity index (χ4v) is 1.58. The van der Waals surface area contributed by atoms with Crippen LogP contribution >= 0.6 is 0 Å². The van der Waals surface area contributed by atoms with Crippen LogP contribution in [0.4, 0.5) is 22.0 Å². The predicted molar refractivity (Wildman–Crippen MR) is 53.9 cm³/mol. The van der Waals surface area contributed by atoms with E-state index in [0.717, 1.165) is 12.1 Å². The molecule has 0 spiro atoms. The Kier molecular flexibility index (Phi) is 4.45. The van der Waals surface area contributed by atoms with E-state index in [1.807, 2.05) is 0 Å².